The molecule has 0 saturated heterocycles. The van der Waals surface area contributed by atoms with E-state index in [2.05, 4.69) is 11.9 Å². The van der Waals surface area contributed by atoms with Crippen molar-refractivity contribution in [2.75, 3.05) is 11.9 Å². The third kappa shape index (κ3) is 3.87. The lowest BCUT2D eigenvalue weighted by Crippen LogP contribution is -2.23. The van der Waals surface area contributed by atoms with E-state index in [9.17, 15) is 4.79 Å². The number of benzene rings is 1. The predicted octanol–water partition coefficient (Wildman–Crippen LogP) is 3.92. The van der Waals surface area contributed by atoms with Crippen molar-refractivity contribution in [3.05, 3.63) is 54.4 Å². The molecule has 0 fully saturated rings. The molecule has 1 unspecified atom stereocenters. The molecule has 4 heteroatoms. The van der Waals surface area contributed by atoms with Gasteiger partial charge in [-0.05, 0) is 12.1 Å². The van der Waals surface area contributed by atoms with Gasteiger partial charge in [-0.25, -0.2) is 0 Å². The highest BCUT2D eigenvalue weighted by atomic mass is 35.5. The molecule has 1 aromatic rings. The predicted molar refractivity (Wildman–Crippen MR) is 86.2 cm³/mol. The van der Waals surface area contributed by atoms with Gasteiger partial charge in [0.2, 0.25) is 0 Å². The van der Waals surface area contributed by atoms with E-state index < -0.39 is 0 Å². The molecule has 20 heavy (non-hydrogen) atoms. The molecule has 0 aromatic heterocycles. The average Bonchev–Trinajstić information content (AvgIpc) is 2.59. The van der Waals surface area contributed by atoms with Crippen LogP contribution in [0, 0.1) is 0 Å². The van der Waals surface area contributed by atoms with Gasteiger partial charge in [0.1, 0.15) is 0 Å². The van der Waals surface area contributed by atoms with Crippen LogP contribution in [0.4, 0.5) is 5.69 Å². The van der Waals surface area contributed by atoms with Crippen molar-refractivity contribution in [2.45, 2.75) is 25.6 Å². The lowest BCUT2D eigenvalue weighted by atomic mass is 10.1. The van der Waals surface area contributed by atoms with E-state index in [0.29, 0.717) is 12.0 Å². The van der Waals surface area contributed by atoms with Gasteiger partial charge in [-0.3, -0.25) is 4.79 Å². The van der Waals surface area contributed by atoms with Crippen molar-refractivity contribution in [2.24, 2.45) is 0 Å². The number of amides is 1. The van der Waals surface area contributed by atoms with E-state index in [1.54, 1.807) is 6.08 Å². The third-order valence-corrected chi connectivity index (χ3v) is 3.16. The summed E-state index contributed by atoms with van der Waals surface area (Å²) in [6.07, 6.45) is 4.10. The molecule has 2 rings (SSSR count). The van der Waals surface area contributed by atoms with E-state index in [-0.39, 0.29) is 11.3 Å². The van der Waals surface area contributed by atoms with Crippen molar-refractivity contribution in [1.82, 2.24) is 5.32 Å². The summed E-state index contributed by atoms with van der Waals surface area (Å²) in [6.45, 7) is 7.64. The summed E-state index contributed by atoms with van der Waals surface area (Å²) < 4.78 is 0. The fraction of sp³-hybridized carbons (Fsp3) is 0.312. The van der Waals surface area contributed by atoms with Gasteiger partial charge in [0, 0.05) is 25.4 Å². The first-order valence-electron chi connectivity index (χ1n) is 6.72. The van der Waals surface area contributed by atoms with Crippen LogP contribution < -0.4 is 10.2 Å². The van der Waals surface area contributed by atoms with Crippen LogP contribution in [0.3, 0.4) is 0 Å². The maximum Gasteiger partial charge on any atom is 0.257 e. The minimum atomic E-state index is -0.189. The Kier molecular flexibility index (Phi) is 6.32. The number of alkyl halides is 1. The molecule has 0 bridgehead atoms. The molecule has 1 amide bonds. The fourth-order valence-electron chi connectivity index (χ4n) is 1.92. The maximum atomic E-state index is 12.1. The van der Waals surface area contributed by atoms with Gasteiger partial charge in [-0.15, -0.1) is 18.2 Å². The zero-order valence-electron chi connectivity index (χ0n) is 12.2. The Hall–Kier alpha value is -1.74. The zero-order valence-corrected chi connectivity index (χ0v) is 12.9. The topological polar surface area (TPSA) is 32.3 Å². The Labute approximate surface area is 125 Å². The minimum Gasteiger partial charge on any atom is -0.349 e. The Morgan fingerprint density at radius 3 is 2.70 bits per heavy atom. The molecule has 3 nitrogen and oxygen atoms in total. The Morgan fingerprint density at radius 2 is 2.05 bits per heavy atom. The molecule has 108 valence electrons. The van der Waals surface area contributed by atoms with Gasteiger partial charge in [0.15, 0.2) is 0 Å². The Bertz CT molecular complexity index is 511. The second kappa shape index (κ2) is 7.75. The molecule has 0 saturated carbocycles. The molecule has 1 N–H and O–H groups in total. The van der Waals surface area contributed by atoms with Gasteiger partial charge >= 0.3 is 0 Å². The number of allylic oxidation sites excluding steroid dienone is 2. The van der Waals surface area contributed by atoms with Crippen LogP contribution >= 0.6 is 11.6 Å². The standard InChI is InChI=1S/C14H15ClN2O.C2H6/c1-3-10(15)8-11-9-17(2)13-7-5-4-6-12(13)14(18)16-11;1-2/h3-7,9-10H,1,8H2,2H3,(H,16,18);1-2H3. The molecule has 0 radical (unpaired) electrons. The summed E-state index contributed by atoms with van der Waals surface area (Å²) in [5, 5.41) is 2.69. The van der Waals surface area contributed by atoms with E-state index >= 15 is 0 Å². The Balaban J connectivity index is 0.000000956. The highest BCUT2D eigenvalue weighted by Crippen LogP contribution is 2.24. The second-order valence-electron chi connectivity index (χ2n) is 4.19. The van der Waals surface area contributed by atoms with Crippen LogP contribution in [-0.4, -0.2) is 18.3 Å². The molecule has 0 aliphatic carbocycles. The van der Waals surface area contributed by atoms with Crippen molar-refractivity contribution in [3.8, 4) is 0 Å². The third-order valence-electron chi connectivity index (χ3n) is 2.82. The number of carbonyl (C=O) groups excluding carboxylic acids is 1. The number of para-hydroxylation sites is 1. The highest BCUT2D eigenvalue weighted by Gasteiger charge is 2.19. The summed E-state index contributed by atoms with van der Waals surface area (Å²) >= 11 is 6.03. The van der Waals surface area contributed by atoms with Crippen LogP contribution in [0.15, 0.2) is 48.8 Å². The first kappa shape index (κ1) is 16.3. The first-order chi connectivity index (χ1) is 9.61. The number of halogens is 1. The van der Waals surface area contributed by atoms with Crippen LogP contribution in [0.2, 0.25) is 0 Å². The SMILES string of the molecule is C=CC(Cl)CC1=CN(C)c2ccccc2C(=O)N1.CC. The smallest absolute Gasteiger partial charge is 0.257 e. The molecule has 1 aliphatic heterocycles. The number of nitrogens with one attached hydrogen (secondary N) is 1. The summed E-state index contributed by atoms with van der Waals surface area (Å²) in [5.41, 5.74) is 2.34. The number of fused-ring (bicyclic) bond motifs is 1. The monoisotopic (exact) mass is 292 g/mol. The molecule has 1 heterocycles. The molecular weight excluding hydrogens is 272 g/mol. The van der Waals surface area contributed by atoms with Crippen molar-refractivity contribution in [3.63, 3.8) is 0 Å². The molecular formula is C16H21ClN2O. The summed E-state index contributed by atoms with van der Waals surface area (Å²) in [4.78, 5) is 14.0. The number of hydrogen-bond donors (Lipinski definition) is 1. The zero-order chi connectivity index (χ0) is 15.1. The summed E-state index contributed by atoms with van der Waals surface area (Å²) in [5.74, 6) is -0.103. The lowest BCUT2D eigenvalue weighted by molar-refractivity contribution is 0.0966. The minimum absolute atomic E-state index is 0.103. The molecule has 1 atom stereocenters. The molecule has 0 spiro atoms. The average molecular weight is 293 g/mol. The normalized spacial score (nSPS) is 14.9. The Morgan fingerprint density at radius 1 is 1.40 bits per heavy atom. The largest absolute Gasteiger partial charge is 0.349 e. The van der Waals surface area contributed by atoms with Crippen LogP contribution in [0.25, 0.3) is 0 Å². The molecule has 1 aliphatic rings. The quantitative estimate of drug-likeness (QED) is 0.676. The number of anilines is 1. The maximum absolute atomic E-state index is 12.1. The van der Waals surface area contributed by atoms with Gasteiger partial charge < -0.3 is 10.2 Å². The van der Waals surface area contributed by atoms with E-state index in [0.717, 1.165) is 11.4 Å². The summed E-state index contributed by atoms with van der Waals surface area (Å²) in [7, 11) is 1.91. The van der Waals surface area contributed by atoms with Crippen molar-refractivity contribution < 1.29 is 4.79 Å². The van der Waals surface area contributed by atoms with Gasteiger partial charge in [0.05, 0.1) is 16.6 Å². The number of nitrogens with zero attached hydrogens (tertiary/aromatic N) is 1. The van der Waals surface area contributed by atoms with Crippen LogP contribution in [-0.2, 0) is 0 Å². The van der Waals surface area contributed by atoms with Crippen molar-refractivity contribution >= 4 is 23.2 Å². The number of hydrogen-bond acceptors (Lipinski definition) is 2. The molecule has 1 aromatic carbocycles. The van der Waals surface area contributed by atoms with E-state index in [1.807, 2.05) is 56.3 Å². The number of carbonyl (C=O) groups is 1. The second-order valence-corrected chi connectivity index (χ2v) is 4.75. The summed E-state index contributed by atoms with van der Waals surface area (Å²) in [6, 6.07) is 7.49. The highest BCUT2D eigenvalue weighted by molar-refractivity contribution is 6.21. The van der Waals surface area contributed by atoms with Gasteiger partial charge in [0.25, 0.3) is 5.91 Å². The fourth-order valence-corrected chi connectivity index (χ4v) is 2.09. The van der Waals surface area contributed by atoms with E-state index in [4.69, 9.17) is 11.6 Å². The van der Waals surface area contributed by atoms with Crippen molar-refractivity contribution in [1.29, 1.82) is 0 Å². The number of rotatable bonds is 3. The van der Waals surface area contributed by atoms with E-state index in [1.165, 1.54) is 0 Å². The lowest BCUT2D eigenvalue weighted by Gasteiger charge is -2.15. The van der Waals surface area contributed by atoms with Gasteiger partial charge in [-0.1, -0.05) is 32.1 Å². The first-order valence-corrected chi connectivity index (χ1v) is 7.16. The van der Waals surface area contributed by atoms with Gasteiger partial charge in [-0.2, -0.15) is 0 Å². The van der Waals surface area contributed by atoms with Crippen LogP contribution in [0.5, 0.6) is 0 Å². The van der Waals surface area contributed by atoms with Crippen LogP contribution in [0.1, 0.15) is 30.6 Å².